The Bertz CT molecular complexity index is 655. The molecule has 0 aliphatic rings. The topological polar surface area (TPSA) is 21.3 Å². The Labute approximate surface area is 166 Å². The zero-order valence-electron chi connectivity index (χ0n) is 17.7. The molecule has 0 atom stereocenters. The van der Waals surface area contributed by atoms with Crippen molar-refractivity contribution in [3.8, 4) is 5.75 Å². The Morgan fingerprint density at radius 3 is 2.22 bits per heavy atom. The van der Waals surface area contributed by atoms with E-state index in [1.165, 1.54) is 42.4 Å². The fourth-order valence-electron chi connectivity index (χ4n) is 3.11. The smallest absolute Gasteiger partial charge is 0.119 e. The summed E-state index contributed by atoms with van der Waals surface area (Å²) in [6.45, 7) is 11.6. The molecule has 0 aliphatic heterocycles. The van der Waals surface area contributed by atoms with Crippen LogP contribution in [0.15, 0.2) is 48.5 Å². The third-order valence-electron chi connectivity index (χ3n) is 4.89. The maximum absolute atomic E-state index is 5.91. The molecule has 0 heterocycles. The molecule has 0 amide bonds. The van der Waals surface area contributed by atoms with E-state index in [0.717, 1.165) is 31.9 Å². The first-order chi connectivity index (χ1) is 13.0. The maximum Gasteiger partial charge on any atom is 0.119 e. The Hall–Kier alpha value is -1.80. The molecule has 2 aromatic rings. The molecule has 0 radical (unpaired) electrons. The summed E-state index contributed by atoms with van der Waals surface area (Å²) in [5.41, 5.74) is 4.18. The molecule has 2 rings (SSSR count). The summed E-state index contributed by atoms with van der Waals surface area (Å²) in [6, 6.07) is 17.4. The fraction of sp³-hybridized carbons (Fsp3) is 0.520. The van der Waals surface area contributed by atoms with Crippen LogP contribution in [-0.4, -0.2) is 6.61 Å². The van der Waals surface area contributed by atoms with Crippen molar-refractivity contribution in [2.45, 2.75) is 78.3 Å². The average Bonchev–Trinajstić information content (AvgIpc) is 2.65. The van der Waals surface area contributed by atoms with Crippen molar-refractivity contribution >= 4 is 0 Å². The lowest BCUT2D eigenvalue weighted by Gasteiger charge is -2.19. The van der Waals surface area contributed by atoms with Gasteiger partial charge in [-0.1, -0.05) is 89.8 Å². The Morgan fingerprint density at radius 1 is 0.815 bits per heavy atom. The van der Waals surface area contributed by atoms with E-state index < -0.39 is 0 Å². The van der Waals surface area contributed by atoms with Crippen LogP contribution in [0.1, 0.15) is 76.5 Å². The van der Waals surface area contributed by atoms with Crippen LogP contribution in [0.25, 0.3) is 0 Å². The van der Waals surface area contributed by atoms with E-state index in [4.69, 9.17) is 4.74 Å². The number of hydrogen-bond acceptors (Lipinski definition) is 2. The zero-order chi connectivity index (χ0) is 19.5. The zero-order valence-corrected chi connectivity index (χ0v) is 17.7. The number of hydrogen-bond donors (Lipinski definition) is 1. The summed E-state index contributed by atoms with van der Waals surface area (Å²) in [6.07, 6.45) is 6.35. The van der Waals surface area contributed by atoms with Gasteiger partial charge in [-0.15, -0.1) is 0 Å². The first-order valence-corrected chi connectivity index (χ1v) is 10.5. The van der Waals surface area contributed by atoms with E-state index in [1.807, 2.05) is 0 Å². The molecule has 0 spiro atoms. The third-order valence-corrected chi connectivity index (χ3v) is 4.89. The number of rotatable bonds is 11. The van der Waals surface area contributed by atoms with Gasteiger partial charge in [-0.3, -0.25) is 0 Å². The van der Waals surface area contributed by atoms with Crippen LogP contribution >= 0.6 is 0 Å². The lowest BCUT2D eigenvalue weighted by molar-refractivity contribution is 0.304. The van der Waals surface area contributed by atoms with Crippen molar-refractivity contribution in [2.75, 3.05) is 6.61 Å². The highest BCUT2D eigenvalue weighted by Gasteiger charge is 2.12. The van der Waals surface area contributed by atoms with Crippen molar-refractivity contribution in [1.82, 2.24) is 5.32 Å². The van der Waals surface area contributed by atoms with Crippen LogP contribution in [-0.2, 0) is 18.5 Å². The van der Waals surface area contributed by atoms with Crippen molar-refractivity contribution in [3.63, 3.8) is 0 Å². The van der Waals surface area contributed by atoms with E-state index in [2.05, 4.69) is 81.5 Å². The summed E-state index contributed by atoms with van der Waals surface area (Å²) in [4.78, 5) is 0. The molecule has 2 nitrogen and oxygen atoms in total. The van der Waals surface area contributed by atoms with Crippen LogP contribution in [0.2, 0.25) is 0 Å². The number of unbranched alkanes of at least 4 members (excludes halogenated alkanes) is 4. The van der Waals surface area contributed by atoms with E-state index in [0.29, 0.717) is 0 Å². The molecule has 2 heteroatoms. The van der Waals surface area contributed by atoms with E-state index in [1.54, 1.807) is 0 Å². The first kappa shape index (κ1) is 21.5. The van der Waals surface area contributed by atoms with Gasteiger partial charge in [-0.25, -0.2) is 0 Å². The quantitative estimate of drug-likeness (QED) is 0.450. The molecular formula is C25H37NO. The van der Waals surface area contributed by atoms with Crippen LogP contribution < -0.4 is 10.1 Å². The van der Waals surface area contributed by atoms with Gasteiger partial charge in [0, 0.05) is 13.1 Å². The minimum Gasteiger partial charge on any atom is -0.494 e. The molecule has 0 aliphatic carbocycles. The Balaban J connectivity index is 1.73. The molecule has 0 aromatic heterocycles. The van der Waals surface area contributed by atoms with Crippen molar-refractivity contribution < 1.29 is 4.74 Å². The molecule has 0 saturated heterocycles. The van der Waals surface area contributed by atoms with Gasteiger partial charge >= 0.3 is 0 Å². The summed E-state index contributed by atoms with van der Waals surface area (Å²) < 4.78 is 5.91. The van der Waals surface area contributed by atoms with Gasteiger partial charge in [-0.05, 0) is 40.7 Å². The fourth-order valence-corrected chi connectivity index (χ4v) is 3.11. The molecule has 0 fully saturated rings. The van der Waals surface area contributed by atoms with Crippen molar-refractivity contribution in [2.24, 2.45) is 0 Å². The van der Waals surface area contributed by atoms with Gasteiger partial charge in [0.1, 0.15) is 5.75 Å². The SMILES string of the molecule is CCCCCCCOc1cccc(CNCc2ccc(C(C)(C)C)cc2)c1. The lowest BCUT2D eigenvalue weighted by atomic mass is 9.87. The van der Waals surface area contributed by atoms with Gasteiger partial charge in [0.2, 0.25) is 0 Å². The standard InChI is InChI=1S/C25H37NO/c1-5-6-7-8-9-17-27-24-12-10-11-22(18-24)20-26-19-21-13-15-23(16-14-21)25(2,3)4/h10-16,18,26H,5-9,17,19-20H2,1-4H3. The largest absolute Gasteiger partial charge is 0.494 e. The summed E-state index contributed by atoms with van der Waals surface area (Å²) >= 11 is 0. The average molecular weight is 368 g/mol. The third kappa shape index (κ3) is 8.17. The summed E-state index contributed by atoms with van der Waals surface area (Å²) in [5.74, 6) is 0.985. The second-order valence-electron chi connectivity index (χ2n) is 8.46. The van der Waals surface area contributed by atoms with Gasteiger partial charge < -0.3 is 10.1 Å². The van der Waals surface area contributed by atoms with E-state index in [-0.39, 0.29) is 5.41 Å². The minimum atomic E-state index is 0.211. The van der Waals surface area contributed by atoms with Gasteiger partial charge in [0.15, 0.2) is 0 Å². The normalized spacial score (nSPS) is 11.6. The number of nitrogens with one attached hydrogen (secondary N) is 1. The van der Waals surface area contributed by atoms with Crippen molar-refractivity contribution in [3.05, 3.63) is 65.2 Å². The molecule has 0 bridgehead atoms. The van der Waals surface area contributed by atoms with E-state index in [9.17, 15) is 0 Å². The summed E-state index contributed by atoms with van der Waals surface area (Å²) in [5, 5.41) is 3.54. The van der Waals surface area contributed by atoms with Crippen LogP contribution in [0, 0.1) is 0 Å². The minimum absolute atomic E-state index is 0.211. The molecule has 148 valence electrons. The van der Waals surface area contributed by atoms with Crippen LogP contribution in [0.4, 0.5) is 0 Å². The lowest BCUT2D eigenvalue weighted by Crippen LogP contribution is -2.14. The number of ether oxygens (including phenoxy) is 1. The Kier molecular flexibility index (Phi) is 8.87. The maximum atomic E-state index is 5.91. The molecule has 27 heavy (non-hydrogen) atoms. The van der Waals surface area contributed by atoms with Gasteiger partial charge in [0.05, 0.1) is 6.61 Å². The number of benzene rings is 2. The molecule has 0 saturated carbocycles. The first-order valence-electron chi connectivity index (χ1n) is 10.5. The van der Waals surface area contributed by atoms with E-state index >= 15 is 0 Å². The molecule has 1 N–H and O–H groups in total. The highest BCUT2D eigenvalue weighted by atomic mass is 16.5. The van der Waals surface area contributed by atoms with Gasteiger partial charge in [0.25, 0.3) is 0 Å². The molecule has 0 unspecified atom stereocenters. The Morgan fingerprint density at radius 2 is 1.52 bits per heavy atom. The predicted molar refractivity (Wildman–Crippen MR) is 116 cm³/mol. The highest BCUT2D eigenvalue weighted by Crippen LogP contribution is 2.22. The summed E-state index contributed by atoms with van der Waals surface area (Å²) in [7, 11) is 0. The predicted octanol–water partition coefficient (Wildman–Crippen LogP) is 6.62. The van der Waals surface area contributed by atoms with Crippen molar-refractivity contribution in [1.29, 1.82) is 0 Å². The highest BCUT2D eigenvalue weighted by molar-refractivity contribution is 5.29. The van der Waals surface area contributed by atoms with Gasteiger partial charge in [-0.2, -0.15) is 0 Å². The monoisotopic (exact) mass is 367 g/mol. The van der Waals surface area contributed by atoms with Crippen LogP contribution in [0.3, 0.4) is 0 Å². The van der Waals surface area contributed by atoms with Crippen LogP contribution in [0.5, 0.6) is 5.75 Å². The molecule has 2 aromatic carbocycles. The second kappa shape index (κ2) is 11.1. The second-order valence-corrected chi connectivity index (χ2v) is 8.46. The molecular weight excluding hydrogens is 330 g/mol.